The van der Waals surface area contributed by atoms with E-state index in [0.29, 0.717) is 13.0 Å². The molecule has 0 atom stereocenters. The first kappa shape index (κ1) is 13.9. The van der Waals surface area contributed by atoms with Crippen molar-refractivity contribution in [2.75, 3.05) is 6.61 Å². The van der Waals surface area contributed by atoms with E-state index in [9.17, 15) is 9.90 Å². The zero-order valence-electron chi connectivity index (χ0n) is 11.7. The van der Waals surface area contributed by atoms with Gasteiger partial charge in [0, 0.05) is 0 Å². The lowest BCUT2D eigenvalue weighted by molar-refractivity contribution is -0.149. The zero-order valence-corrected chi connectivity index (χ0v) is 11.7. The van der Waals surface area contributed by atoms with E-state index >= 15 is 0 Å². The standard InChI is InChI=1S/C16H22O3/c1-12-5-6-13(2)14(11-12)19-10-9-16(15(17)18)7-3-4-8-16/h5-6,11H,3-4,7-10H2,1-2H3,(H,17,18). The Morgan fingerprint density at radius 2 is 2.00 bits per heavy atom. The van der Waals surface area contributed by atoms with Crippen molar-refractivity contribution in [3.63, 3.8) is 0 Å². The lowest BCUT2D eigenvalue weighted by Gasteiger charge is -2.23. The average molecular weight is 262 g/mol. The summed E-state index contributed by atoms with van der Waals surface area (Å²) in [6.45, 7) is 4.52. The van der Waals surface area contributed by atoms with Gasteiger partial charge in [-0.3, -0.25) is 4.79 Å². The summed E-state index contributed by atoms with van der Waals surface area (Å²) in [6.07, 6.45) is 4.23. The third kappa shape index (κ3) is 3.09. The van der Waals surface area contributed by atoms with E-state index in [4.69, 9.17) is 4.74 Å². The minimum atomic E-state index is -0.658. The molecule has 0 spiro atoms. The molecule has 2 rings (SSSR count). The van der Waals surface area contributed by atoms with Crippen LogP contribution in [0.3, 0.4) is 0 Å². The van der Waals surface area contributed by atoms with Crippen molar-refractivity contribution in [1.29, 1.82) is 0 Å². The highest BCUT2D eigenvalue weighted by atomic mass is 16.5. The summed E-state index contributed by atoms with van der Waals surface area (Å²) in [6, 6.07) is 6.10. The van der Waals surface area contributed by atoms with Crippen molar-refractivity contribution in [2.45, 2.75) is 46.0 Å². The largest absolute Gasteiger partial charge is 0.493 e. The van der Waals surface area contributed by atoms with Crippen molar-refractivity contribution in [1.82, 2.24) is 0 Å². The third-order valence-electron chi connectivity index (χ3n) is 4.20. The molecule has 0 heterocycles. The molecule has 3 nitrogen and oxygen atoms in total. The second-order valence-corrected chi connectivity index (χ2v) is 5.66. The first-order valence-corrected chi connectivity index (χ1v) is 6.97. The number of benzene rings is 1. The number of aliphatic carboxylic acids is 1. The Morgan fingerprint density at radius 1 is 1.32 bits per heavy atom. The molecule has 1 aromatic carbocycles. The van der Waals surface area contributed by atoms with Gasteiger partial charge in [0.25, 0.3) is 0 Å². The molecular weight excluding hydrogens is 240 g/mol. The molecule has 1 aromatic rings. The van der Waals surface area contributed by atoms with Crippen molar-refractivity contribution < 1.29 is 14.6 Å². The molecule has 3 heteroatoms. The molecule has 0 amide bonds. The highest BCUT2D eigenvalue weighted by Gasteiger charge is 2.40. The first-order chi connectivity index (χ1) is 9.03. The van der Waals surface area contributed by atoms with Crippen LogP contribution < -0.4 is 4.74 Å². The van der Waals surface area contributed by atoms with E-state index in [1.165, 1.54) is 0 Å². The second-order valence-electron chi connectivity index (χ2n) is 5.66. The van der Waals surface area contributed by atoms with E-state index in [-0.39, 0.29) is 0 Å². The Hall–Kier alpha value is -1.51. The summed E-state index contributed by atoms with van der Waals surface area (Å²) < 4.78 is 5.79. The second kappa shape index (κ2) is 5.64. The van der Waals surface area contributed by atoms with Crippen LogP contribution in [0, 0.1) is 19.3 Å². The summed E-state index contributed by atoms with van der Waals surface area (Å²) in [5, 5.41) is 9.40. The molecule has 0 unspecified atom stereocenters. The molecule has 0 aromatic heterocycles. The van der Waals surface area contributed by atoms with Gasteiger partial charge in [-0.15, -0.1) is 0 Å². The van der Waals surface area contributed by atoms with Crippen LogP contribution in [0.1, 0.15) is 43.2 Å². The Morgan fingerprint density at radius 3 is 2.63 bits per heavy atom. The first-order valence-electron chi connectivity index (χ1n) is 6.97. The Kier molecular flexibility index (Phi) is 4.13. The zero-order chi connectivity index (χ0) is 13.9. The Bertz CT molecular complexity index is 459. The SMILES string of the molecule is Cc1ccc(C)c(OCCC2(C(=O)O)CCCC2)c1. The van der Waals surface area contributed by atoms with E-state index in [2.05, 4.69) is 6.07 Å². The van der Waals surface area contributed by atoms with Crippen molar-refractivity contribution in [3.05, 3.63) is 29.3 Å². The van der Waals surface area contributed by atoms with Gasteiger partial charge in [-0.05, 0) is 50.3 Å². The van der Waals surface area contributed by atoms with Gasteiger partial charge in [0.2, 0.25) is 0 Å². The maximum atomic E-state index is 11.4. The highest BCUT2D eigenvalue weighted by Crippen LogP contribution is 2.41. The lowest BCUT2D eigenvalue weighted by Crippen LogP contribution is -2.29. The fourth-order valence-corrected chi connectivity index (χ4v) is 2.84. The topological polar surface area (TPSA) is 46.5 Å². The van der Waals surface area contributed by atoms with Gasteiger partial charge in [0.1, 0.15) is 5.75 Å². The molecular formula is C16H22O3. The molecule has 1 fully saturated rings. The fourth-order valence-electron chi connectivity index (χ4n) is 2.84. The number of rotatable bonds is 5. The predicted octanol–water partition coefficient (Wildman–Crippen LogP) is 3.72. The van der Waals surface area contributed by atoms with Gasteiger partial charge in [-0.25, -0.2) is 0 Å². The summed E-state index contributed by atoms with van der Waals surface area (Å²) in [7, 11) is 0. The summed E-state index contributed by atoms with van der Waals surface area (Å²) in [5.41, 5.74) is 1.72. The van der Waals surface area contributed by atoms with E-state index in [0.717, 1.165) is 42.6 Å². The minimum absolute atomic E-state index is 0.483. The van der Waals surface area contributed by atoms with Crippen molar-refractivity contribution >= 4 is 5.97 Å². The quantitative estimate of drug-likeness (QED) is 0.879. The number of hydrogen-bond acceptors (Lipinski definition) is 2. The maximum absolute atomic E-state index is 11.4. The number of carboxylic acids is 1. The van der Waals surface area contributed by atoms with Gasteiger partial charge in [0.15, 0.2) is 0 Å². The monoisotopic (exact) mass is 262 g/mol. The number of ether oxygens (including phenoxy) is 1. The predicted molar refractivity (Wildman–Crippen MR) is 74.6 cm³/mol. The van der Waals surface area contributed by atoms with Crippen molar-refractivity contribution in [3.8, 4) is 5.75 Å². The van der Waals surface area contributed by atoms with Crippen LogP contribution >= 0.6 is 0 Å². The van der Waals surface area contributed by atoms with Crippen LogP contribution in [0.15, 0.2) is 18.2 Å². The third-order valence-corrected chi connectivity index (χ3v) is 4.20. The van der Waals surface area contributed by atoms with Gasteiger partial charge >= 0.3 is 5.97 Å². The van der Waals surface area contributed by atoms with Crippen LogP contribution in [0.5, 0.6) is 5.75 Å². The summed E-state index contributed by atoms with van der Waals surface area (Å²) in [5.74, 6) is 0.216. The van der Waals surface area contributed by atoms with Crippen LogP contribution in [-0.2, 0) is 4.79 Å². The van der Waals surface area contributed by atoms with Crippen LogP contribution in [0.4, 0.5) is 0 Å². The van der Waals surface area contributed by atoms with Gasteiger partial charge in [0.05, 0.1) is 12.0 Å². The molecule has 1 saturated carbocycles. The molecule has 0 radical (unpaired) electrons. The average Bonchev–Trinajstić information content (AvgIpc) is 2.84. The van der Waals surface area contributed by atoms with E-state index in [1.807, 2.05) is 26.0 Å². The summed E-state index contributed by atoms with van der Waals surface area (Å²) >= 11 is 0. The smallest absolute Gasteiger partial charge is 0.309 e. The van der Waals surface area contributed by atoms with E-state index < -0.39 is 11.4 Å². The van der Waals surface area contributed by atoms with Crippen LogP contribution in [-0.4, -0.2) is 17.7 Å². The van der Waals surface area contributed by atoms with Crippen molar-refractivity contribution in [2.24, 2.45) is 5.41 Å². The van der Waals surface area contributed by atoms with Crippen LogP contribution in [0.2, 0.25) is 0 Å². The van der Waals surface area contributed by atoms with Crippen LogP contribution in [0.25, 0.3) is 0 Å². The van der Waals surface area contributed by atoms with Gasteiger partial charge < -0.3 is 9.84 Å². The number of hydrogen-bond donors (Lipinski definition) is 1. The maximum Gasteiger partial charge on any atom is 0.309 e. The Balaban J connectivity index is 1.95. The highest BCUT2D eigenvalue weighted by molar-refractivity contribution is 5.74. The molecule has 1 aliphatic carbocycles. The minimum Gasteiger partial charge on any atom is -0.493 e. The summed E-state index contributed by atoms with van der Waals surface area (Å²) in [4.78, 5) is 11.4. The Labute approximate surface area is 114 Å². The number of aryl methyl sites for hydroxylation is 2. The molecule has 104 valence electrons. The normalized spacial score (nSPS) is 17.4. The van der Waals surface area contributed by atoms with E-state index in [1.54, 1.807) is 0 Å². The fraction of sp³-hybridized carbons (Fsp3) is 0.562. The molecule has 1 N–H and O–H groups in total. The van der Waals surface area contributed by atoms with Gasteiger partial charge in [-0.2, -0.15) is 0 Å². The van der Waals surface area contributed by atoms with Gasteiger partial charge in [-0.1, -0.05) is 25.0 Å². The molecule has 0 saturated heterocycles. The lowest BCUT2D eigenvalue weighted by atomic mass is 9.83. The number of carboxylic acid groups (broad SMARTS) is 1. The molecule has 0 aliphatic heterocycles. The number of carbonyl (C=O) groups is 1. The molecule has 1 aliphatic rings. The molecule has 0 bridgehead atoms. The molecule has 19 heavy (non-hydrogen) atoms.